The summed E-state index contributed by atoms with van der Waals surface area (Å²) in [5.74, 6) is 0.816. The topological polar surface area (TPSA) is 48.4 Å². The molecule has 0 aliphatic rings. The summed E-state index contributed by atoms with van der Waals surface area (Å²) in [6.45, 7) is 0.742. The predicted molar refractivity (Wildman–Crippen MR) is 54.4 cm³/mol. The Morgan fingerprint density at radius 1 is 1.69 bits per heavy atom. The number of hydrogen-bond donors (Lipinski definition) is 1. The third-order valence-electron chi connectivity index (χ3n) is 1.85. The van der Waals surface area contributed by atoms with E-state index in [1.807, 2.05) is 6.07 Å². The zero-order valence-corrected chi connectivity index (χ0v) is 9.21. The van der Waals surface area contributed by atoms with Crippen molar-refractivity contribution in [1.82, 2.24) is 0 Å². The second kappa shape index (κ2) is 5.42. The maximum Gasteiger partial charge on any atom is 0.134 e. The van der Waals surface area contributed by atoms with Crippen LogP contribution in [-0.4, -0.2) is 13.7 Å². The summed E-state index contributed by atoms with van der Waals surface area (Å²) >= 11 is 3.37. The Morgan fingerprint density at radius 3 is 3.00 bits per heavy atom. The van der Waals surface area contributed by atoms with Crippen LogP contribution < -0.4 is 5.73 Å². The van der Waals surface area contributed by atoms with Crippen LogP contribution in [0.5, 0.6) is 0 Å². The highest BCUT2D eigenvalue weighted by Gasteiger charge is 2.12. The number of halogens is 1. The minimum Gasteiger partial charge on any atom is -0.466 e. The first-order valence-corrected chi connectivity index (χ1v) is 5.02. The van der Waals surface area contributed by atoms with Crippen molar-refractivity contribution in [3.05, 3.63) is 22.6 Å². The average molecular weight is 248 g/mol. The van der Waals surface area contributed by atoms with E-state index in [2.05, 4.69) is 15.9 Å². The molecule has 0 radical (unpaired) electrons. The lowest BCUT2D eigenvalue weighted by Gasteiger charge is -2.08. The van der Waals surface area contributed by atoms with Crippen LogP contribution in [0.3, 0.4) is 0 Å². The second-order valence-corrected chi connectivity index (χ2v) is 3.73. The Labute approximate surface area is 86.4 Å². The molecule has 0 bridgehead atoms. The zero-order valence-electron chi connectivity index (χ0n) is 7.63. The predicted octanol–water partition coefficient (Wildman–Crippen LogP) is 2.47. The molecule has 0 aliphatic carbocycles. The minimum atomic E-state index is -0.0421. The Morgan fingerprint density at radius 2 is 2.46 bits per heavy atom. The number of nitrogens with two attached hydrogens (primary N) is 1. The zero-order chi connectivity index (χ0) is 9.68. The molecule has 1 rings (SSSR count). The molecular formula is C9H14BrNO2. The molecule has 4 heteroatoms. The van der Waals surface area contributed by atoms with Crippen molar-refractivity contribution in [2.24, 2.45) is 5.73 Å². The highest BCUT2D eigenvalue weighted by atomic mass is 79.9. The van der Waals surface area contributed by atoms with Gasteiger partial charge in [-0.2, -0.15) is 0 Å². The minimum absolute atomic E-state index is 0.0421. The SMILES string of the molecule is COCCCC(N)c1occc1Br. The van der Waals surface area contributed by atoms with E-state index in [0.29, 0.717) is 0 Å². The van der Waals surface area contributed by atoms with Crippen LogP contribution in [0, 0.1) is 0 Å². The van der Waals surface area contributed by atoms with Crippen molar-refractivity contribution in [2.45, 2.75) is 18.9 Å². The van der Waals surface area contributed by atoms with E-state index >= 15 is 0 Å². The Bertz CT molecular complexity index is 250. The lowest BCUT2D eigenvalue weighted by Crippen LogP contribution is -2.10. The molecule has 0 saturated carbocycles. The van der Waals surface area contributed by atoms with Crippen molar-refractivity contribution in [2.75, 3.05) is 13.7 Å². The van der Waals surface area contributed by atoms with Gasteiger partial charge in [-0.1, -0.05) is 0 Å². The summed E-state index contributed by atoms with van der Waals surface area (Å²) in [6.07, 6.45) is 3.46. The lowest BCUT2D eigenvalue weighted by molar-refractivity contribution is 0.189. The molecule has 1 heterocycles. The van der Waals surface area contributed by atoms with Crippen LogP contribution >= 0.6 is 15.9 Å². The van der Waals surface area contributed by atoms with Crippen molar-refractivity contribution in [3.63, 3.8) is 0 Å². The molecule has 1 atom stereocenters. The first-order chi connectivity index (χ1) is 6.25. The molecule has 1 unspecified atom stereocenters. The van der Waals surface area contributed by atoms with Crippen LogP contribution in [0.2, 0.25) is 0 Å². The molecule has 1 aromatic heterocycles. The average Bonchev–Trinajstić information content (AvgIpc) is 2.52. The molecule has 0 saturated heterocycles. The van der Waals surface area contributed by atoms with Crippen molar-refractivity contribution in [1.29, 1.82) is 0 Å². The van der Waals surface area contributed by atoms with E-state index < -0.39 is 0 Å². The van der Waals surface area contributed by atoms with Gasteiger partial charge in [0.25, 0.3) is 0 Å². The standard InChI is InChI=1S/C9H14BrNO2/c1-12-5-2-3-8(11)9-7(10)4-6-13-9/h4,6,8H,2-3,5,11H2,1H3. The second-order valence-electron chi connectivity index (χ2n) is 2.87. The molecular weight excluding hydrogens is 234 g/mol. The molecule has 0 aromatic carbocycles. The van der Waals surface area contributed by atoms with Gasteiger partial charge >= 0.3 is 0 Å². The summed E-state index contributed by atoms with van der Waals surface area (Å²) < 4.78 is 11.1. The van der Waals surface area contributed by atoms with E-state index in [9.17, 15) is 0 Å². The summed E-state index contributed by atoms with van der Waals surface area (Å²) in [4.78, 5) is 0. The Balaban J connectivity index is 2.39. The van der Waals surface area contributed by atoms with Crippen LogP contribution in [0.4, 0.5) is 0 Å². The van der Waals surface area contributed by atoms with Gasteiger partial charge in [-0.25, -0.2) is 0 Å². The maximum atomic E-state index is 5.90. The van der Waals surface area contributed by atoms with Gasteiger partial charge < -0.3 is 14.9 Å². The fourth-order valence-corrected chi connectivity index (χ4v) is 1.64. The summed E-state index contributed by atoms with van der Waals surface area (Å²) in [5.41, 5.74) is 5.90. The highest BCUT2D eigenvalue weighted by Crippen LogP contribution is 2.25. The molecule has 0 spiro atoms. The third kappa shape index (κ3) is 3.14. The number of rotatable bonds is 5. The van der Waals surface area contributed by atoms with Gasteiger partial charge in [0.2, 0.25) is 0 Å². The molecule has 74 valence electrons. The van der Waals surface area contributed by atoms with Gasteiger partial charge in [0.15, 0.2) is 0 Å². The molecule has 3 nitrogen and oxygen atoms in total. The molecule has 13 heavy (non-hydrogen) atoms. The van der Waals surface area contributed by atoms with E-state index in [4.69, 9.17) is 14.9 Å². The van der Waals surface area contributed by atoms with E-state index in [-0.39, 0.29) is 6.04 Å². The van der Waals surface area contributed by atoms with Crippen LogP contribution in [0.1, 0.15) is 24.6 Å². The molecule has 0 fully saturated rings. The summed E-state index contributed by atoms with van der Waals surface area (Å²) in [7, 11) is 1.69. The monoisotopic (exact) mass is 247 g/mol. The van der Waals surface area contributed by atoms with Crippen molar-refractivity contribution in [3.8, 4) is 0 Å². The van der Waals surface area contributed by atoms with Crippen LogP contribution in [-0.2, 0) is 4.74 Å². The number of furan rings is 1. The van der Waals surface area contributed by atoms with Crippen LogP contribution in [0.15, 0.2) is 21.2 Å². The molecule has 0 aliphatic heterocycles. The summed E-state index contributed by atoms with van der Waals surface area (Å²) in [5, 5.41) is 0. The number of methoxy groups -OCH3 is 1. The lowest BCUT2D eigenvalue weighted by atomic mass is 10.1. The molecule has 0 amide bonds. The first kappa shape index (κ1) is 10.8. The number of ether oxygens (including phenoxy) is 1. The first-order valence-electron chi connectivity index (χ1n) is 4.23. The van der Waals surface area contributed by atoms with Gasteiger partial charge in [0, 0.05) is 13.7 Å². The van der Waals surface area contributed by atoms with Gasteiger partial charge in [-0.05, 0) is 34.8 Å². The van der Waals surface area contributed by atoms with E-state index in [0.717, 1.165) is 29.7 Å². The summed E-state index contributed by atoms with van der Waals surface area (Å²) in [6, 6.07) is 1.81. The normalized spacial score (nSPS) is 13.2. The van der Waals surface area contributed by atoms with Gasteiger partial charge in [-0.15, -0.1) is 0 Å². The van der Waals surface area contributed by atoms with Gasteiger partial charge in [0.05, 0.1) is 16.8 Å². The molecule has 2 N–H and O–H groups in total. The fourth-order valence-electron chi connectivity index (χ4n) is 1.15. The van der Waals surface area contributed by atoms with E-state index in [1.165, 1.54) is 0 Å². The third-order valence-corrected chi connectivity index (χ3v) is 2.50. The number of hydrogen-bond acceptors (Lipinski definition) is 3. The van der Waals surface area contributed by atoms with Crippen LogP contribution in [0.25, 0.3) is 0 Å². The van der Waals surface area contributed by atoms with Gasteiger partial charge in [-0.3, -0.25) is 0 Å². The highest BCUT2D eigenvalue weighted by molar-refractivity contribution is 9.10. The largest absolute Gasteiger partial charge is 0.466 e. The maximum absolute atomic E-state index is 5.90. The smallest absolute Gasteiger partial charge is 0.134 e. The molecule has 1 aromatic rings. The Hall–Kier alpha value is -0.320. The Kier molecular flexibility index (Phi) is 4.48. The van der Waals surface area contributed by atoms with Gasteiger partial charge in [0.1, 0.15) is 5.76 Å². The van der Waals surface area contributed by atoms with Crippen molar-refractivity contribution < 1.29 is 9.15 Å². The quantitative estimate of drug-likeness (QED) is 0.814. The van der Waals surface area contributed by atoms with E-state index in [1.54, 1.807) is 13.4 Å². The van der Waals surface area contributed by atoms with Crippen molar-refractivity contribution >= 4 is 15.9 Å². The fraction of sp³-hybridized carbons (Fsp3) is 0.556.